The highest BCUT2D eigenvalue weighted by atomic mass is 16.5. The Kier molecular flexibility index (Phi) is 4.34. The van der Waals surface area contributed by atoms with Crippen LogP contribution >= 0.6 is 0 Å². The maximum Gasteiger partial charge on any atom is 0.407 e. The zero-order valence-electron chi connectivity index (χ0n) is 15.0. The predicted molar refractivity (Wildman–Crippen MR) is 93.0 cm³/mol. The van der Waals surface area contributed by atoms with Gasteiger partial charge in [0.25, 0.3) is 0 Å². The molecule has 3 rings (SSSR count). The number of likely N-dealkylation sites (tertiary alicyclic amines) is 2. The summed E-state index contributed by atoms with van der Waals surface area (Å²) in [6.07, 6.45) is -0.845. The Morgan fingerprint density at radius 3 is 2.42 bits per heavy atom. The number of carboxylic acid groups (broad SMARTS) is 1. The molecule has 3 unspecified atom stereocenters. The van der Waals surface area contributed by atoms with Crippen molar-refractivity contribution in [1.29, 1.82) is 0 Å². The van der Waals surface area contributed by atoms with Gasteiger partial charge in [0.05, 0.1) is 6.54 Å². The quantitative estimate of drug-likeness (QED) is 0.924. The molecule has 1 N–H and O–H groups in total. The van der Waals surface area contributed by atoms with E-state index in [0.717, 1.165) is 13.1 Å². The van der Waals surface area contributed by atoms with Crippen LogP contribution in [0, 0.1) is 11.3 Å². The maximum atomic E-state index is 11.3. The van der Waals surface area contributed by atoms with Crippen molar-refractivity contribution >= 4 is 6.09 Å². The Morgan fingerprint density at radius 1 is 1.25 bits per heavy atom. The van der Waals surface area contributed by atoms with E-state index in [2.05, 4.69) is 49.9 Å². The van der Waals surface area contributed by atoms with E-state index < -0.39 is 6.09 Å². The Hall–Kier alpha value is -1.59. The third-order valence-electron chi connectivity index (χ3n) is 5.55. The first kappa shape index (κ1) is 17.2. The van der Waals surface area contributed by atoms with E-state index in [0.29, 0.717) is 13.1 Å². The minimum atomic E-state index is -0.845. The van der Waals surface area contributed by atoms with E-state index in [1.54, 1.807) is 7.11 Å². The number of methoxy groups -OCH3 is 1. The molecule has 0 bridgehead atoms. The second-order valence-corrected chi connectivity index (χ2v) is 8.24. The molecule has 1 amide bonds. The summed E-state index contributed by atoms with van der Waals surface area (Å²) in [5.41, 5.74) is 1.02. The molecule has 0 aliphatic carbocycles. The van der Waals surface area contributed by atoms with Crippen LogP contribution in [0.4, 0.5) is 4.79 Å². The second kappa shape index (κ2) is 6.05. The summed E-state index contributed by atoms with van der Waals surface area (Å²) in [6.45, 7) is 9.46. The number of carbonyl (C=O) groups is 1. The molecule has 1 aromatic rings. The number of ether oxygens (including phenoxy) is 1. The maximum absolute atomic E-state index is 11.3. The van der Waals surface area contributed by atoms with Crippen molar-refractivity contribution in [2.24, 2.45) is 11.3 Å². The monoisotopic (exact) mass is 332 g/mol. The molecule has 0 saturated carbocycles. The van der Waals surface area contributed by atoms with Gasteiger partial charge in [-0.1, -0.05) is 51.1 Å². The molecule has 132 valence electrons. The SMILES string of the molecule is COC12CN(C(=O)O)CC1CN(C(c1ccccc1)C(C)(C)C)C2. The lowest BCUT2D eigenvalue weighted by atomic mass is 9.81. The highest BCUT2D eigenvalue weighted by molar-refractivity contribution is 5.65. The number of hydrogen-bond acceptors (Lipinski definition) is 3. The normalized spacial score (nSPS) is 28.8. The highest BCUT2D eigenvalue weighted by Gasteiger charge is 2.56. The van der Waals surface area contributed by atoms with E-state index in [4.69, 9.17) is 4.74 Å². The molecule has 0 spiro atoms. The van der Waals surface area contributed by atoms with Crippen LogP contribution in [0.25, 0.3) is 0 Å². The van der Waals surface area contributed by atoms with Crippen LogP contribution in [0.1, 0.15) is 32.4 Å². The van der Waals surface area contributed by atoms with Crippen LogP contribution in [0.2, 0.25) is 0 Å². The lowest BCUT2D eigenvalue weighted by molar-refractivity contribution is -0.0190. The van der Waals surface area contributed by atoms with Gasteiger partial charge < -0.3 is 14.7 Å². The summed E-state index contributed by atoms with van der Waals surface area (Å²) < 4.78 is 5.89. The van der Waals surface area contributed by atoms with Gasteiger partial charge in [-0.2, -0.15) is 0 Å². The average molecular weight is 332 g/mol. The van der Waals surface area contributed by atoms with Crippen molar-refractivity contribution in [2.75, 3.05) is 33.3 Å². The van der Waals surface area contributed by atoms with Crippen molar-refractivity contribution in [3.63, 3.8) is 0 Å². The molecule has 2 saturated heterocycles. The number of amides is 1. The van der Waals surface area contributed by atoms with Crippen LogP contribution in [0.3, 0.4) is 0 Å². The number of hydrogen-bond donors (Lipinski definition) is 1. The van der Waals surface area contributed by atoms with Crippen molar-refractivity contribution in [3.05, 3.63) is 35.9 Å². The molecular formula is C19H28N2O3. The summed E-state index contributed by atoms with van der Waals surface area (Å²) in [7, 11) is 1.72. The largest absolute Gasteiger partial charge is 0.465 e. The van der Waals surface area contributed by atoms with Crippen LogP contribution in [0.15, 0.2) is 30.3 Å². The van der Waals surface area contributed by atoms with Crippen LogP contribution < -0.4 is 0 Å². The highest BCUT2D eigenvalue weighted by Crippen LogP contribution is 2.46. The number of nitrogens with zero attached hydrogens (tertiary/aromatic N) is 2. The van der Waals surface area contributed by atoms with Gasteiger partial charge in [-0.25, -0.2) is 4.79 Å². The summed E-state index contributed by atoms with van der Waals surface area (Å²) in [6, 6.07) is 10.9. The van der Waals surface area contributed by atoms with Crippen LogP contribution in [-0.4, -0.2) is 59.9 Å². The van der Waals surface area contributed by atoms with E-state index in [1.807, 2.05) is 6.07 Å². The number of rotatable bonds is 3. The van der Waals surface area contributed by atoms with Gasteiger partial charge in [-0.15, -0.1) is 0 Å². The van der Waals surface area contributed by atoms with E-state index in [-0.39, 0.29) is 23.0 Å². The lowest BCUT2D eigenvalue weighted by Gasteiger charge is -2.40. The topological polar surface area (TPSA) is 53.0 Å². The molecule has 0 aromatic heterocycles. The molecule has 2 aliphatic heterocycles. The minimum absolute atomic E-state index is 0.0847. The molecule has 2 heterocycles. The Bertz CT molecular complexity index is 598. The smallest absolute Gasteiger partial charge is 0.407 e. The average Bonchev–Trinajstić information content (AvgIpc) is 3.01. The van der Waals surface area contributed by atoms with Crippen molar-refractivity contribution < 1.29 is 14.6 Å². The molecule has 1 aromatic carbocycles. The van der Waals surface area contributed by atoms with Crippen molar-refractivity contribution in [3.8, 4) is 0 Å². The minimum Gasteiger partial charge on any atom is -0.465 e. The first-order valence-electron chi connectivity index (χ1n) is 8.59. The van der Waals surface area contributed by atoms with E-state index in [1.165, 1.54) is 10.5 Å². The van der Waals surface area contributed by atoms with E-state index in [9.17, 15) is 9.90 Å². The first-order chi connectivity index (χ1) is 11.3. The Morgan fingerprint density at radius 2 is 1.92 bits per heavy atom. The fourth-order valence-electron chi connectivity index (χ4n) is 4.58. The molecule has 5 nitrogen and oxygen atoms in total. The third kappa shape index (κ3) is 2.91. The standard InChI is InChI=1S/C19H28N2O3/c1-18(2,3)16(14-8-6-5-7-9-14)20-10-15-11-21(17(22)23)13-19(15,12-20)24-4/h5-9,15-16H,10-13H2,1-4H3,(H,22,23). The fourth-order valence-corrected chi connectivity index (χ4v) is 4.58. The Balaban J connectivity index is 1.87. The third-order valence-corrected chi connectivity index (χ3v) is 5.55. The molecule has 2 aliphatic rings. The first-order valence-corrected chi connectivity index (χ1v) is 8.59. The fraction of sp³-hybridized carbons (Fsp3) is 0.632. The summed E-state index contributed by atoms with van der Waals surface area (Å²) in [5.74, 6) is 0.229. The second-order valence-electron chi connectivity index (χ2n) is 8.24. The zero-order chi connectivity index (χ0) is 17.5. The van der Waals surface area contributed by atoms with Gasteiger partial charge in [-0.05, 0) is 11.0 Å². The predicted octanol–water partition coefficient (Wildman–Crippen LogP) is 3.08. The number of fused-ring (bicyclic) bond motifs is 1. The molecule has 5 heteroatoms. The van der Waals surface area contributed by atoms with Crippen LogP contribution in [0.5, 0.6) is 0 Å². The van der Waals surface area contributed by atoms with Crippen molar-refractivity contribution in [1.82, 2.24) is 9.80 Å². The van der Waals surface area contributed by atoms with Gasteiger partial charge >= 0.3 is 6.09 Å². The van der Waals surface area contributed by atoms with Gasteiger partial charge in [0.15, 0.2) is 0 Å². The van der Waals surface area contributed by atoms with Gasteiger partial charge in [0, 0.05) is 38.7 Å². The molecule has 2 fully saturated rings. The summed E-state index contributed by atoms with van der Waals surface area (Å²) in [5, 5.41) is 9.32. The van der Waals surface area contributed by atoms with Crippen molar-refractivity contribution in [2.45, 2.75) is 32.4 Å². The van der Waals surface area contributed by atoms with E-state index >= 15 is 0 Å². The zero-order valence-corrected chi connectivity index (χ0v) is 15.0. The Labute approximate surface area is 144 Å². The number of benzene rings is 1. The van der Waals surface area contributed by atoms with Gasteiger partial charge in [0.1, 0.15) is 5.60 Å². The lowest BCUT2D eigenvalue weighted by Crippen LogP contribution is -2.45. The van der Waals surface area contributed by atoms with Crippen LogP contribution in [-0.2, 0) is 4.74 Å². The van der Waals surface area contributed by atoms with Gasteiger partial charge in [0.2, 0.25) is 0 Å². The summed E-state index contributed by atoms with van der Waals surface area (Å²) in [4.78, 5) is 15.3. The molecule has 3 atom stereocenters. The molecular weight excluding hydrogens is 304 g/mol. The summed E-state index contributed by atoms with van der Waals surface area (Å²) >= 11 is 0. The van der Waals surface area contributed by atoms with Gasteiger partial charge in [-0.3, -0.25) is 4.90 Å². The molecule has 0 radical (unpaired) electrons. The molecule has 24 heavy (non-hydrogen) atoms.